The van der Waals surface area contributed by atoms with Gasteiger partial charge in [0.2, 0.25) is 0 Å². The Balaban J connectivity index is 1.45. The maximum Gasteiger partial charge on any atom is 0.128 e. The third-order valence-corrected chi connectivity index (χ3v) is 5.47. The van der Waals surface area contributed by atoms with E-state index >= 15 is 0 Å². The first kappa shape index (κ1) is 21.3. The van der Waals surface area contributed by atoms with Crippen molar-refractivity contribution in [3.63, 3.8) is 0 Å². The lowest BCUT2D eigenvalue weighted by atomic mass is 10.2. The molecule has 0 amide bonds. The van der Waals surface area contributed by atoms with Crippen LogP contribution in [0.2, 0.25) is 0 Å². The summed E-state index contributed by atoms with van der Waals surface area (Å²) >= 11 is 6.98. The molecule has 4 aromatic carbocycles. The van der Waals surface area contributed by atoms with Gasteiger partial charge in [0.25, 0.3) is 0 Å². The van der Waals surface area contributed by atoms with E-state index < -0.39 is 0 Å². The smallest absolute Gasteiger partial charge is 0.128 e. The number of benzene rings is 4. The zero-order valence-electron chi connectivity index (χ0n) is 16.5. The molecule has 5 heteroatoms. The minimum atomic E-state index is 0.487. The average molecular weight is 537 g/mol. The molecule has 0 saturated heterocycles. The molecule has 0 aliphatic carbocycles. The molecule has 0 heterocycles. The predicted octanol–water partition coefficient (Wildman–Crippen LogP) is 8.33. The van der Waals surface area contributed by atoms with Crippen LogP contribution in [0.4, 0.5) is 5.69 Å². The lowest BCUT2D eigenvalue weighted by molar-refractivity contribution is 0.306. The fourth-order valence-electron chi connectivity index (χ4n) is 2.86. The molecule has 0 saturated carbocycles. The maximum atomic E-state index is 6.04. The number of rotatable bonds is 7. The second-order valence-electron chi connectivity index (χ2n) is 6.76. The van der Waals surface area contributed by atoms with Gasteiger partial charge in [-0.1, -0.05) is 62.2 Å². The Morgan fingerprint density at radius 2 is 1.39 bits per heavy atom. The van der Waals surface area contributed by atoms with Crippen molar-refractivity contribution in [3.8, 4) is 17.2 Å². The summed E-state index contributed by atoms with van der Waals surface area (Å²) in [6.45, 7) is 0.487. The molecule has 0 aliphatic heterocycles. The molecule has 3 nitrogen and oxygen atoms in total. The summed E-state index contributed by atoms with van der Waals surface area (Å²) in [5.74, 6) is 2.35. The summed E-state index contributed by atoms with van der Waals surface area (Å²) in [4.78, 5) is 4.61. The van der Waals surface area contributed by atoms with Crippen LogP contribution in [0.15, 0.2) is 111 Å². The van der Waals surface area contributed by atoms with Crippen molar-refractivity contribution in [2.24, 2.45) is 4.99 Å². The molecule has 31 heavy (non-hydrogen) atoms. The van der Waals surface area contributed by atoms with Gasteiger partial charge in [-0.15, -0.1) is 0 Å². The SMILES string of the molecule is Brc1ccc(COc2ccc(Br)cc2C=Nc2ccc(Oc3ccccc3)cc2)cc1. The van der Waals surface area contributed by atoms with Crippen LogP contribution in [0.3, 0.4) is 0 Å². The first-order valence-electron chi connectivity index (χ1n) is 9.69. The Labute approximate surface area is 198 Å². The Hall–Kier alpha value is -2.89. The molecule has 0 bridgehead atoms. The molecule has 0 atom stereocenters. The van der Waals surface area contributed by atoms with Crippen LogP contribution in [-0.4, -0.2) is 6.21 Å². The fourth-order valence-corrected chi connectivity index (χ4v) is 3.51. The van der Waals surface area contributed by atoms with Crippen molar-refractivity contribution in [2.75, 3.05) is 0 Å². The van der Waals surface area contributed by atoms with Gasteiger partial charge in [-0.2, -0.15) is 0 Å². The summed E-state index contributed by atoms with van der Waals surface area (Å²) in [5, 5.41) is 0. The zero-order valence-corrected chi connectivity index (χ0v) is 19.7. The van der Waals surface area contributed by atoms with E-state index in [-0.39, 0.29) is 0 Å². The van der Waals surface area contributed by atoms with E-state index in [0.717, 1.165) is 43.0 Å². The van der Waals surface area contributed by atoms with Crippen molar-refractivity contribution in [3.05, 3.63) is 117 Å². The van der Waals surface area contributed by atoms with E-state index in [0.29, 0.717) is 6.61 Å². The normalized spacial score (nSPS) is 10.9. The largest absolute Gasteiger partial charge is 0.488 e. The van der Waals surface area contributed by atoms with E-state index in [1.165, 1.54) is 0 Å². The van der Waals surface area contributed by atoms with Crippen LogP contribution in [0.1, 0.15) is 11.1 Å². The molecule has 4 rings (SSSR count). The van der Waals surface area contributed by atoms with Gasteiger partial charge < -0.3 is 9.47 Å². The summed E-state index contributed by atoms with van der Waals surface area (Å²) in [6, 6.07) is 31.4. The van der Waals surface area contributed by atoms with E-state index in [4.69, 9.17) is 9.47 Å². The minimum Gasteiger partial charge on any atom is -0.488 e. The van der Waals surface area contributed by atoms with Crippen molar-refractivity contribution >= 4 is 43.8 Å². The molecule has 0 spiro atoms. The summed E-state index contributed by atoms with van der Waals surface area (Å²) in [7, 11) is 0. The van der Waals surface area contributed by atoms with Gasteiger partial charge in [-0.3, -0.25) is 4.99 Å². The Kier molecular flexibility index (Phi) is 7.18. The van der Waals surface area contributed by atoms with Gasteiger partial charge in [0.05, 0.1) is 5.69 Å². The van der Waals surface area contributed by atoms with E-state index in [1.807, 2.05) is 103 Å². The van der Waals surface area contributed by atoms with Crippen LogP contribution in [0.25, 0.3) is 0 Å². The molecular formula is C26H19Br2NO2. The molecular weight excluding hydrogens is 518 g/mol. The number of hydrogen-bond acceptors (Lipinski definition) is 3. The topological polar surface area (TPSA) is 30.8 Å². The molecule has 0 N–H and O–H groups in total. The van der Waals surface area contributed by atoms with Gasteiger partial charge in [0, 0.05) is 20.7 Å². The van der Waals surface area contributed by atoms with Gasteiger partial charge in [0.1, 0.15) is 23.9 Å². The number of para-hydroxylation sites is 1. The van der Waals surface area contributed by atoms with Crippen molar-refractivity contribution in [1.82, 2.24) is 0 Å². The predicted molar refractivity (Wildman–Crippen MR) is 133 cm³/mol. The standard InChI is InChI=1S/C26H19Br2NO2/c27-21-8-6-19(7-9-21)18-30-26-15-10-22(28)16-20(26)17-29-23-11-13-25(14-12-23)31-24-4-2-1-3-5-24/h1-17H,18H2. The highest BCUT2D eigenvalue weighted by Gasteiger charge is 2.04. The van der Waals surface area contributed by atoms with E-state index in [1.54, 1.807) is 0 Å². The molecule has 0 fully saturated rings. The van der Waals surface area contributed by atoms with Crippen molar-refractivity contribution in [2.45, 2.75) is 6.61 Å². The Bertz CT molecular complexity index is 1160. The van der Waals surface area contributed by atoms with E-state index in [9.17, 15) is 0 Å². The first-order valence-corrected chi connectivity index (χ1v) is 11.3. The number of aliphatic imine (C=N–C) groups is 1. The minimum absolute atomic E-state index is 0.487. The quantitative estimate of drug-likeness (QED) is 0.222. The van der Waals surface area contributed by atoms with Gasteiger partial charge >= 0.3 is 0 Å². The van der Waals surface area contributed by atoms with Crippen molar-refractivity contribution < 1.29 is 9.47 Å². The zero-order chi connectivity index (χ0) is 21.5. The second kappa shape index (κ2) is 10.4. The third kappa shape index (κ3) is 6.29. The number of ether oxygens (including phenoxy) is 2. The summed E-state index contributed by atoms with van der Waals surface area (Å²) in [5.41, 5.74) is 2.83. The first-order chi connectivity index (χ1) is 15.2. The average Bonchev–Trinajstić information content (AvgIpc) is 2.80. The monoisotopic (exact) mass is 535 g/mol. The Morgan fingerprint density at radius 1 is 0.710 bits per heavy atom. The molecule has 0 aliphatic rings. The third-order valence-electron chi connectivity index (χ3n) is 4.45. The highest BCUT2D eigenvalue weighted by molar-refractivity contribution is 9.10. The molecule has 4 aromatic rings. The number of halogens is 2. The highest BCUT2D eigenvalue weighted by atomic mass is 79.9. The maximum absolute atomic E-state index is 6.04. The van der Waals surface area contributed by atoms with Crippen LogP contribution in [-0.2, 0) is 6.61 Å². The lowest BCUT2D eigenvalue weighted by Crippen LogP contribution is -1.98. The molecule has 154 valence electrons. The molecule has 0 radical (unpaired) electrons. The van der Waals surface area contributed by atoms with Crippen LogP contribution in [0.5, 0.6) is 17.2 Å². The van der Waals surface area contributed by atoms with Crippen LogP contribution >= 0.6 is 31.9 Å². The fraction of sp³-hybridized carbons (Fsp3) is 0.0385. The van der Waals surface area contributed by atoms with Gasteiger partial charge in [-0.25, -0.2) is 0 Å². The summed E-state index contributed by atoms with van der Waals surface area (Å²) in [6.07, 6.45) is 1.81. The van der Waals surface area contributed by atoms with Crippen LogP contribution in [0, 0.1) is 0 Å². The summed E-state index contributed by atoms with van der Waals surface area (Å²) < 4.78 is 13.9. The van der Waals surface area contributed by atoms with E-state index in [2.05, 4.69) is 36.9 Å². The highest BCUT2D eigenvalue weighted by Crippen LogP contribution is 2.26. The van der Waals surface area contributed by atoms with Gasteiger partial charge in [-0.05, 0) is 72.3 Å². The lowest BCUT2D eigenvalue weighted by Gasteiger charge is -2.10. The van der Waals surface area contributed by atoms with Crippen molar-refractivity contribution in [1.29, 1.82) is 0 Å². The number of hydrogen-bond donors (Lipinski definition) is 0. The van der Waals surface area contributed by atoms with Gasteiger partial charge in [0.15, 0.2) is 0 Å². The molecule has 0 unspecified atom stereocenters. The number of nitrogens with zero attached hydrogens (tertiary/aromatic N) is 1. The van der Waals surface area contributed by atoms with Crippen LogP contribution < -0.4 is 9.47 Å². The molecule has 0 aromatic heterocycles. The second-order valence-corrected chi connectivity index (χ2v) is 8.60. The Morgan fingerprint density at radius 3 is 2.13 bits per heavy atom.